The summed E-state index contributed by atoms with van der Waals surface area (Å²) in [6, 6.07) is 1.35. The molecule has 0 saturated carbocycles. The van der Waals surface area contributed by atoms with Gasteiger partial charge in [-0.15, -0.1) is 0 Å². The fraction of sp³-hybridized carbons (Fsp3) is 0.611. The Morgan fingerprint density at radius 3 is 2.88 bits per heavy atom. The van der Waals surface area contributed by atoms with Crippen LogP contribution in [0.25, 0.3) is 0 Å². The van der Waals surface area contributed by atoms with Crippen LogP contribution in [0.3, 0.4) is 0 Å². The minimum Gasteiger partial charge on any atom is -0.472 e. The van der Waals surface area contributed by atoms with Crippen LogP contribution < -0.4 is 4.74 Å². The second-order valence-corrected chi connectivity index (χ2v) is 7.67. The maximum atomic E-state index is 13.0. The van der Waals surface area contributed by atoms with Crippen molar-refractivity contribution in [2.75, 3.05) is 26.7 Å². The number of aromatic nitrogens is 1. The summed E-state index contributed by atoms with van der Waals surface area (Å²) in [5, 5.41) is 9.57. The summed E-state index contributed by atoms with van der Waals surface area (Å²) in [4.78, 5) is 32.5. The Bertz CT molecular complexity index is 670. The first-order chi connectivity index (χ1) is 12.3. The van der Waals surface area contributed by atoms with Gasteiger partial charge in [0.05, 0.1) is 19.2 Å². The van der Waals surface area contributed by atoms with E-state index >= 15 is 0 Å². The molecule has 0 spiro atoms. The molecule has 0 aliphatic carbocycles. The van der Waals surface area contributed by atoms with Crippen molar-refractivity contribution in [3.05, 3.63) is 22.3 Å². The number of fused-ring (bicyclic) bond motifs is 1. The van der Waals surface area contributed by atoms with Crippen LogP contribution in [0.4, 0.5) is 0 Å². The number of halogens is 1. The summed E-state index contributed by atoms with van der Waals surface area (Å²) >= 11 is 3.34. The van der Waals surface area contributed by atoms with Crippen molar-refractivity contribution < 1.29 is 19.4 Å². The molecule has 2 heterocycles. The number of ether oxygens (including phenoxy) is 1. The van der Waals surface area contributed by atoms with Crippen LogP contribution in [0.5, 0.6) is 5.88 Å². The lowest BCUT2D eigenvalue weighted by Crippen LogP contribution is -2.50. The molecule has 1 aliphatic rings. The van der Waals surface area contributed by atoms with Gasteiger partial charge in [0.1, 0.15) is 11.7 Å². The molecule has 26 heavy (non-hydrogen) atoms. The number of aliphatic hydroxyl groups is 1. The third kappa shape index (κ3) is 4.54. The van der Waals surface area contributed by atoms with Crippen molar-refractivity contribution in [3.63, 3.8) is 0 Å². The summed E-state index contributed by atoms with van der Waals surface area (Å²) in [5.74, 6) is 0.0167. The molecule has 0 fully saturated rings. The first-order valence-corrected chi connectivity index (χ1v) is 9.55. The highest BCUT2D eigenvalue weighted by molar-refractivity contribution is 9.10. The van der Waals surface area contributed by atoms with Gasteiger partial charge in [0.2, 0.25) is 11.8 Å². The predicted molar refractivity (Wildman–Crippen MR) is 101 cm³/mol. The van der Waals surface area contributed by atoms with Gasteiger partial charge in [-0.2, -0.15) is 0 Å². The largest absolute Gasteiger partial charge is 0.472 e. The topological polar surface area (TPSA) is 83.0 Å². The zero-order valence-corrected chi connectivity index (χ0v) is 17.2. The Hall–Kier alpha value is -1.67. The molecule has 1 aliphatic heterocycles. The highest BCUT2D eigenvalue weighted by Crippen LogP contribution is 2.28. The minimum atomic E-state index is -0.328. The summed E-state index contributed by atoms with van der Waals surface area (Å²) in [5.41, 5.74) is 0.348. The van der Waals surface area contributed by atoms with Crippen LogP contribution >= 0.6 is 15.9 Å². The predicted octanol–water partition coefficient (Wildman–Crippen LogP) is 1.93. The maximum Gasteiger partial charge on any atom is 0.259 e. The zero-order valence-electron chi connectivity index (χ0n) is 15.6. The van der Waals surface area contributed by atoms with Crippen LogP contribution in [0.1, 0.15) is 37.6 Å². The van der Waals surface area contributed by atoms with Crippen molar-refractivity contribution in [1.29, 1.82) is 0 Å². The lowest BCUT2D eigenvalue weighted by molar-refractivity contribution is -0.131. The Morgan fingerprint density at radius 1 is 1.58 bits per heavy atom. The number of amides is 2. The van der Waals surface area contributed by atoms with Gasteiger partial charge in [0.15, 0.2) is 0 Å². The smallest absolute Gasteiger partial charge is 0.259 e. The molecular weight excluding hydrogens is 402 g/mol. The van der Waals surface area contributed by atoms with Gasteiger partial charge in [0.25, 0.3) is 5.91 Å². The van der Waals surface area contributed by atoms with E-state index in [1.54, 1.807) is 36.0 Å². The van der Waals surface area contributed by atoms with Crippen LogP contribution in [0, 0.1) is 5.92 Å². The molecule has 0 aromatic carbocycles. The molecule has 2 amide bonds. The number of nitrogens with zero attached hydrogens (tertiary/aromatic N) is 3. The van der Waals surface area contributed by atoms with Crippen molar-refractivity contribution in [2.45, 2.75) is 39.3 Å². The van der Waals surface area contributed by atoms with Crippen molar-refractivity contribution in [3.8, 4) is 5.88 Å². The molecule has 1 aromatic rings. The molecule has 144 valence electrons. The van der Waals surface area contributed by atoms with Gasteiger partial charge < -0.3 is 19.6 Å². The second-order valence-electron chi connectivity index (χ2n) is 6.76. The van der Waals surface area contributed by atoms with Gasteiger partial charge in [0, 0.05) is 36.6 Å². The van der Waals surface area contributed by atoms with E-state index in [4.69, 9.17) is 4.74 Å². The molecule has 3 atom stereocenters. The molecule has 0 unspecified atom stereocenters. The molecular formula is C18H26BrN3O4. The molecule has 0 radical (unpaired) electrons. The summed E-state index contributed by atoms with van der Waals surface area (Å²) in [6.45, 7) is 6.29. The molecule has 0 saturated heterocycles. The van der Waals surface area contributed by atoms with E-state index in [1.807, 2.05) is 13.8 Å². The number of hydrogen-bond acceptors (Lipinski definition) is 5. The standard InChI is InChI=1S/C18H26BrN3O4/c1-5-16(24)21(4)9-15-11(2)8-22(12(3)10-23)18(25)14-6-13(19)7-20-17(14)26-15/h6-7,11-12,15,23H,5,8-10H2,1-4H3/t11-,12+,15-/m0/s1. The molecule has 1 aromatic heterocycles. The van der Waals surface area contributed by atoms with E-state index in [-0.39, 0.29) is 42.4 Å². The number of likely N-dealkylation sites (N-methyl/N-ethyl adjacent to an activating group) is 1. The van der Waals surface area contributed by atoms with E-state index in [2.05, 4.69) is 20.9 Å². The summed E-state index contributed by atoms with van der Waals surface area (Å²) in [6.07, 6.45) is 1.69. The molecule has 8 heteroatoms. The van der Waals surface area contributed by atoms with Crippen LogP contribution in [0.15, 0.2) is 16.7 Å². The van der Waals surface area contributed by atoms with E-state index < -0.39 is 0 Å². The monoisotopic (exact) mass is 427 g/mol. The Balaban J connectivity index is 2.40. The second kappa shape index (κ2) is 8.81. The number of carbonyl (C=O) groups excluding carboxylic acids is 2. The van der Waals surface area contributed by atoms with Gasteiger partial charge in [-0.25, -0.2) is 4.98 Å². The van der Waals surface area contributed by atoms with Crippen LogP contribution in [-0.4, -0.2) is 70.6 Å². The van der Waals surface area contributed by atoms with Crippen molar-refractivity contribution >= 4 is 27.7 Å². The van der Waals surface area contributed by atoms with Gasteiger partial charge in [-0.1, -0.05) is 13.8 Å². The SMILES string of the molecule is CCC(=O)N(C)C[C@@H]1Oc2ncc(Br)cc2C(=O)N([C@H](C)CO)C[C@@H]1C. The average molecular weight is 428 g/mol. The molecule has 7 nitrogen and oxygen atoms in total. The highest BCUT2D eigenvalue weighted by atomic mass is 79.9. The lowest BCUT2D eigenvalue weighted by Gasteiger charge is -2.37. The van der Waals surface area contributed by atoms with Gasteiger partial charge in [-0.3, -0.25) is 9.59 Å². The molecule has 2 rings (SSSR count). The quantitative estimate of drug-likeness (QED) is 0.775. The van der Waals surface area contributed by atoms with Gasteiger partial charge in [-0.05, 0) is 28.9 Å². The van der Waals surface area contributed by atoms with Gasteiger partial charge >= 0.3 is 0 Å². The van der Waals surface area contributed by atoms with Crippen molar-refractivity contribution in [1.82, 2.24) is 14.8 Å². The van der Waals surface area contributed by atoms with E-state index in [1.165, 1.54) is 0 Å². The number of pyridine rings is 1. The molecule has 0 bridgehead atoms. The number of rotatable bonds is 5. The fourth-order valence-corrected chi connectivity index (χ4v) is 3.27. The van der Waals surface area contributed by atoms with Crippen LogP contribution in [-0.2, 0) is 4.79 Å². The van der Waals surface area contributed by atoms with Crippen molar-refractivity contribution in [2.24, 2.45) is 5.92 Å². The van der Waals surface area contributed by atoms with E-state index in [9.17, 15) is 14.7 Å². The Labute approximate surface area is 162 Å². The minimum absolute atomic E-state index is 0.0310. The first-order valence-electron chi connectivity index (χ1n) is 8.76. The fourth-order valence-electron chi connectivity index (χ4n) is 2.94. The first kappa shape index (κ1) is 20.6. The third-order valence-corrected chi connectivity index (χ3v) is 5.10. The van der Waals surface area contributed by atoms with E-state index in [0.717, 1.165) is 0 Å². The number of hydrogen-bond donors (Lipinski definition) is 1. The average Bonchev–Trinajstić information content (AvgIpc) is 2.63. The lowest BCUT2D eigenvalue weighted by atomic mass is 10.00. The number of aliphatic hydroxyl groups excluding tert-OH is 1. The van der Waals surface area contributed by atoms with Crippen LogP contribution in [0.2, 0.25) is 0 Å². The highest BCUT2D eigenvalue weighted by Gasteiger charge is 2.34. The summed E-state index contributed by atoms with van der Waals surface area (Å²) < 4.78 is 6.74. The Kier molecular flexibility index (Phi) is 7.00. The van der Waals surface area contributed by atoms with E-state index in [0.29, 0.717) is 29.5 Å². The normalized spacial score (nSPS) is 21.3. The molecule has 1 N–H and O–H groups in total. The number of carbonyl (C=O) groups is 2. The third-order valence-electron chi connectivity index (χ3n) is 4.67. The zero-order chi connectivity index (χ0) is 19.4. The summed E-state index contributed by atoms with van der Waals surface area (Å²) in [7, 11) is 1.75. The Morgan fingerprint density at radius 2 is 2.27 bits per heavy atom. The maximum absolute atomic E-state index is 13.0.